The SMILES string of the molecule is O=C(c1cccc2c1OCCO2)N1CCC(Nc2ccc(F)cc2)CC1. The summed E-state index contributed by atoms with van der Waals surface area (Å²) in [6.45, 7) is 2.30. The van der Waals surface area contributed by atoms with Gasteiger partial charge in [0.05, 0.1) is 5.56 Å². The summed E-state index contributed by atoms with van der Waals surface area (Å²) in [5.74, 6) is 0.922. The first-order valence-corrected chi connectivity index (χ1v) is 8.91. The summed E-state index contributed by atoms with van der Waals surface area (Å²) in [6, 6.07) is 12.1. The number of ether oxygens (including phenoxy) is 2. The molecule has 0 radical (unpaired) electrons. The van der Waals surface area contributed by atoms with Crippen LogP contribution in [-0.2, 0) is 0 Å². The highest BCUT2D eigenvalue weighted by Crippen LogP contribution is 2.34. The van der Waals surface area contributed by atoms with Crippen molar-refractivity contribution in [1.82, 2.24) is 4.90 Å². The van der Waals surface area contributed by atoms with Crippen LogP contribution in [0.5, 0.6) is 11.5 Å². The number of halogens is 1. The van der Waals surface area contributed by atoms with Crippen molar-refractivity contribution in [1.29, 1.82) is 0 Å². The maximum absolute atomic E-state index is 13.0. The molecule has 2 aliphatic heterocycles. The third-order valence-electron chi connectivity index (χ3n) is 4.79. The van der Waals surface area contributed by atoms with E-state index in [0.717, 1.165) is 18.5 Å². The monoisotopic (exact) mass is 356 g/mol. The van der Waals surface area contributed by atoms with Gasteiger partial charge in [0.15, 0.2) is 11.5 Å². The van der Waals surface area contributed by atoms with Crippen LogP contribution >= 0.6 is 0 Å². The molecule has 1 amide bonds. The Labute approximate surface area is 151 Å². The zero-order valence-corrected chi connectivity index (χ0v) is 14.4. The fourth-order valence-electron chi connectivity index (χ4n) is 3.42. The molecule has 2 heterocycles. The average Bonchev–Trinajstić information content (AvgIpc) is 2.69. The molecule has 5 nitrogen and oxygen atoms in total. The molecule has 2 aromatic carbocycles. The number of hydrogen-bond donors (Lipinski definition) is 1. The fraction of sp³-hybridized carbons (Fsp3) is 0.350. The van der Waals surface area contributed by atoms with Crippen LogP contribution in [0.4, 0.5) is 10.1 Å². The highest BCUT2D eigenvalue weighted by Gasteiger charge is 2.27. The molecule has 0 saturated carbocycles. The third kappa shape index (κ3) is 3.45. The molecule has 0 spiro atoms. The number of hydrogen-bond acceptors (Lipinski definition) is 4. The molecule has 0 bridgehead atoms. The number of piperidine rings is 1. The Kier molecular flexibility index (Phi) is 4.65. The second-order valence-electron chi connectivity index (χ2n) is 6.55. The zero-order valence-electron chi connectivity index (χ0n) is 14.4. The molecule has 26 heavy (non-hydrogen) atoms. The minimum atomic E-state index is -0.242. The van der Waals surface area contributed by atoms with E-state index in [0.29, 0.717) is 43.4 Å². The number of nitrogens with one attached hydrogen (secondary N) is 1. The quantitative estimate of drug-likeness (QED) is 0.917. The van der Waals surface area contributed by atoms with Crippen LogP contribution in [0, 0.1) is 5.82 Å². The molecule has 1 fully saturated rings. The standard InChI is InChI=1S/C20H21FN2O3/c21-14-4-6-15(7-5-14)22-16-8-10-23(11-9-16)20(24)17-2-1-3-18-19(17)26-13-12-25-18/h1-7,16,22H,8-13H2. The lowest BCUT2D eigenvalue weighted by atomic mass is 10.0. The summed E-state index contributed by atoms with van der Waals surface area (Å²) in [6.07, 6.45) is 1.69. The molecule has 1 saturated heterocycles. The van der Waals surface area contributed by atoms with E-state index in [-0.39, 0.29) is 17.8 Å². The number of rotatable bonds is 3. The molecule has 1 N–H and O–H groups in total. The van der Waals surface area contributed by atoms with Gasteiger partial charge in [0, 0.05) is 24.8 Å². The molecule has 2 aromatic rings. The van der Waals surface area contributed by atoms with Gasteiger partial charge in [-0.2, -0.15) is 0 Å². The lowest BCUT2D eigenvalue weighted by molar-refractivity contribution is 0.0708. The van der Waals surface area contributed by atoms with Crippen molar-refractivity contribution >= 4 is 11.6 Å². The Morgan fingerprint density at radius 3 is 2.54 bits per heavy atom. The van der Waals surface area contributed by atoms with Crippen molar-refractivity contribution in [2.24, 2.45) is 0 Å². The largest absolute Gasteiger partial charge is 0.486 e. The van der Waals surface area contributed by atoms with E-state index >= 15 is 0 Å². The highest BCUT2D eigenvalue weighted by atomic mass is 19.1. The summed E-state index contributed by atoms with van der Waals surface area (Å²) in [4.78, 5) is 14.8. The topological polar surface area (TPSA) is 50.8 Å². The van der Waals surface area contributed by atoms with Gasteiger partial charge in [0.1, 0.15) is 19.0 Å². The number of carbonyl (C=O) groups excluding carboxylic acids is 1. The second kappa shape index (κ2) is 7.23. The predicted molar refractivity (Wildman–Crippen MR) is 96.4 cm³/mol. The van der Waals surface area contributed by atoms with E-state index in [1.54, 1.807) is 18.2 Å². The van der Waals surface area contributed by atoms with Gasteiger partial charge in [-0.05, 0) is 49.2 Å². The van der Waals surface area contributed by atoms with E-state index in [4.69, 9.17) is 9.47 Å². The van der Waals surface area contributed by atoms with E-state index in [1.165, 1.54) is 12.1 Å². The normalized spacial score (nSPS) is 17.0. The Balaban J connectivity index is 1.39. The molecule has 6 heteroatoms. The summed E-state index contributed by atoms with van der Waals surface area (Å²) < 4.78 is 24.2. The summed E-state index contributed by atoms with van der Waals surface area (Å²) in [5, 5.41) is 3.41. The van der Waals surface area contributed by atoms with Crippen LogP contribution < -0.4 is 14.8 Å². The molecule has 4 rings (SSSR count). The van der Waals surface area contributed by atoms with Crippen LogP contribution in [0.25, 0.3) is 0 Å². The van der Waals surface area contributed by atoms with E-state index in [9.17, 15) is 9.18 Å². The molecule has 0 unspecified atom stereocenters. The summed E-state index contributed by atoms with van der Waals surface area (Å²) >= 11 is 0. The van der Waals surface area contributed by atoms with Gasteiger partial charge >= 0.3 is 0 Å². The van der Waals surface area contributed by atoms with Crippen LogP contribution in [0.3, 0.4) is 0 Å². The number of benzene rings is 2. The molecule has 0 atom stereocenters. The fourth-order valence-corrected chi connectivity index (χ4v) is 3.42. The van der Waals surface area contributed by atoms with Crippen molar-refractivity contribution in [2.45, 2.75) is 18.9 Å². The van der Waals surface area contributed by atoms with Gasteiger partial charge in [-0.15, -0.1) is 0 Å². The van der Waals surface area contributed by atoms with Gasteiger partial charge < -0.3 is 19.7 Å². The maximum atomic E-state index is 13.0. The number of carbonyl (C=O) groups is 1. The zero-order chi connectivity index (χ0) is 17.9. The third-order valence-corrected chi connectivity index (χ3v) is 4.79. The minimum absolute atomic E-state index is 0.0208. The minimum Gasteiger partial charge on any atom is -0.486 e. The molecular weight excluding hydrogens is 335 g/mol. The first-order chi connectivity index (χ1) is 12.7. The molecule has 0 aromatic heterocycles. The Morgan fingerprint density at radius 1 is 1.04 bits per heavy atom. The van der Waals surface area contributed by atoms with Gasteiger partial charge in [0.25, 0.3) is 5.91 Å². The van der Waals surface area contributed by atoms with E-state index < -0.39 is 0 Å². The van der Waals surface area contributed by atoms with Gasteiger partial charge in [-0.3, -0.25) is 4.79 Å². The number of anilines is 1. The van der Waals surface area contributed by atoms with Gasteiger partial charge in [-0.1, -0.05) is 6.07 Å². The lowest BCUT2D eigenvalue weighted by Crippen LogP contribution is -2.42. The summed E-state index contributed by atoms with van der Waals surface area (Å²) in [7, 11) is 0. The van der Waals surface area contributed by atoms with Gasteiger partial charge in [0.2, 0.25) is 0 Å². The molecule has 136 valence electrons. The Hall–Kier alpha value is -2.76. The number of para-hydroxylation sites is 1. The van der Waals surface area contributed by atoms with Crippen molar-refractivity contribution in [3.8, 4) is 11.5 Å². The highest BCUT2D eigenvalue weighted by molar-refractivity contribution is 5.98. The molecule has 2 aliphatic rings. The van der Waals surface area contributed by atoms with Crippen molar-refractivity contribution in [2.75, 3.05) is 31.6 Å². The van der Waals surface area contributed by atoms with Crippen molar-refractivity contribution < 1.29 is 18.7 Å². The van der Waals surface area contributed by atoms with Crippen molar-refractivity contribution in [3.63, 3.8) is 0 Å². The maximum Gasteiger partial charge on any atom is 0.257 e. The van der Waals surface area contributed by atoms with E-state index in [2.05, 4.69) is 5.32 Å². The average molecular weight is 356 g/mol. The Morgan fingerprint density at radius 2 is 1.77 bits per heavy atom. The second-order valence-corrected chi connectivity index (χ2v) is 6.55. The Bertz CT molecular complexity index is 786. The predicted octanol–water partition coefficient (Wildman–Crippen LogP) is 3.31. The molecule has 0 aliphatic carbocycles. The first-order valence-electron chi connectivity index (χ1n) is 8.91. The number of nitrogens with zero attached hydrogens (tertiary/aromatic N) is 1. The van der Waals surface area contributed by atoms with E-state index in [1.807, 2.05) is 17.0 Å². The first kappa shape index (κ1) is 16.7. The summed E-state index contributed by atoms with van der Waals surface area (Å²) in [5.41, 5.74) is 1.46. The lowest BCUT2D eigenvalue weighted by Gasteiger charge is -2.33. The van der Waals surface area contributed by atoms with Crippen LogP contribution in [0.15, 0.2) is 42.5 Å². The van der Waals surface area contributed by atoms with Crippen LogP contribution in [0.1, 0.15) is 23.2 Å². The number of amides is 1. The van der Waals surface area contributed by atoms with Crippen LogP contribution in [-0.4, -0.2) is 43.2 Å². The number of fused-ring (bicyclic) bond motifs is 1. The van der Waals surface area contributed by atoms with Gasteiger partial charge in [-0.25, -0.2) is 4.39 Å². The molecular formula is C20H21FN2O3. The number of likely N-dealkylation sites (tertiary alicyclic amines) is 1. The van der Waals surface area contributed by atoms with Crippen LogP contribution in [0.2, 0.25) is 0 Å². The van der Waals surface area contributed by atoms with Crippen molar-refractivity contribution in [3.05, 3.63) is 53.8 Å². The smallest absolute Gasteiger partial charge is 0.257 e.